The van der Waals surface area contributed by atoms with E-state index in [2.05, 4.69) is 16.4 Å². The van der Waals surface area contributed by atoms with Crippen LogP contribution in [-0.2, 0) is 21.2 Å². The number of carbonyl (C=O) groups excluding carboxylic acids is 1. The van der Waals surface area contributed by atoms with Crippen LogP contribution in [0.2, 0.25) is 0 Å². The Morgan fingerprint density at radius 3 is 2.44 bits per heavy atom. The van der Waals surface area contributed by atoms with Crippen molar-refractivity contribution >= 4 is 16.0 Å². The maximum atomic E-state index is 12.4. The van der Waals surface area contributed by atoms with E-state index in [1.165, 1.54) is 24.8 Å². The van der Waals surface area contributed by atoms with Crippen LogP contribution < -0.4 is 9.46 Å². The predicted molar refractivity (Wildman–Crippen MR) is 104 cm³/mol. The monoisotopic (exact) mass is 391 g/mol. The molecule has 1 N–H and O–H groups in total. The Morgan fingerprint density at radius 1 is 1.11 bits per heavy atom. The van der Waals surface area contributed by atoms with Gasteiger partial charge in [-0.1, -0.05) is 31.5 Å². The minimum absolute atomic E-state index is 0.0115. The first-order valence-corrected chi connectivity index (χ1v) is 10.3. The van der Waals surface area contributed by atoms with Crippen molar-refractivity contribution < 1.29 is 22.7 Å². The number of rotatable bonds is 9. The average Bonchev–Trinajstić information content (AvgIpc) is 2.66. The Morgan fingerprint density at radius 2 is 1.81 bits per heavy atom. The van der Waals surface area contributed by atoms with E-state index in [0.717, 1.165) is 12.8 Å². The van der Waals surface area contributed by atoms with Crippen molar-refractivity contribution in [2.24, 2.45) is 0 Å². The number of esters is 1. The van der Waals surface area contributed by atoms with E-state index in [1.54, 1.807) is 13.0 Å². The van der Waals surface area contributed by atoms with Gasteiger partial charge in [-0.15, -0.1) is 0 Å². The van der Waals surface area contributed by atoms with Crippen molar-refractivity contribution in [2.75, 3.05) is 20.3 Å². The maximum absolute atomic E-state index is 12.4. The molecule has 0 bridgehead atoms. The molecule has 0 saturated heterocycles. The Kier molecular flexibility index (Phi) is 7.38. The lowest BCUT2D eigenvalue weighted by molar-refractivity contribution is 0.0599. The minimum Gasteiger partial charge on any atom is -0.492 e. The number of methoxy groups -OCH3 is 1. The molecule has 0 heterocycles. The van der Waals surface area contributed by atoms with Crippen LogP contribution in [0, 0.1) is 6.92 Å². The van der Waals surface area contributed by atoms with Crippen molar-refractivity contribution in [2.45, 2.75) is 31.6 Å². The largest absolute Gasteiger partial charge is 0.492 e. The molecule has 2 aromatic rings. The topological polar surface area (TPSA) is 81.7 Å². The third-order valence-electron chi connectivity index (χ3n) is 4.05. The van der Waals surface area contributed by atoms with Crippen molar-refractivity contribution in [3.63, 3.8) is 0 Å². The second kappa shape index (κ2) is 9.53. The first-order chi connectivity index (χ1) is 12.9. The molecule has 27 heavy (non-hydrogen) atoms. The van der Waals surface area contributed by atoms with Gasteiger partial charge in [0, 0.05) is 6.54 Å². The van der Waals surface area contributed by atoms with Crippen LogP contribution >= 0.6 is 0 Å². The zero-order valence-electron chi connectivity index (χ0n) is 15.8. The number of benzene rings is 2. The zero-order valence-corrected chi connectivity index (χ0v) is 16.6. The molecule has 0 aliphatic heterocycles. The summed E-state index contributed by atoms with van der Waals surface area (Å²) in [4.78, 5) is 11.7. The summed E-state index contributed by atoms with van der Waals surface area (Å²) in [6.45, 7) is 4.15. The Hall–Kier alpha value is -2.38. The number of carbonyl (C=O) groups is 1. The Labute approximate surface area is 160 Å². The van der Waals surface area contributed by atoms with Crippen molar-refractivity contribution in [3.05, 3.63) is 59.2 Å². The average molecular weight is 391 g/mol. The smallest absolute Gasteiger partial charge is 0.338 e. The standard InChI is InChI=1S/C20H25NO5S/c1-4-5-16-7-9-17(10-8-16)26-13-12-21-27(23,24)18-11-6-15(2)19(14-18)20(22)25-3/h6-11,14,21H,4-5,12-13H2,1-3H3. The quantitative estimate of drug-likeness (QED) is 0.525. The lowest BCUT2D eigenvalue weighted by Gasteiger charge is -2.11. The van der Waals surface area contributed by atoms with Crippen molar-refractivity contribution in [3.8, 4) is 5.75 Å². The summed E-state index contributed by atoms with van der Waals surface area (Å²) in [6.07, 6.45) is 2.10. The molecule has 0 aromatic heterocycles. The molecule has 0 atom stereocenters. The fraction of sp³-hybridized carbons (Fsp3) is 0.350. The first-order valence-electron chi connectivity index (χ1n) is 8.77. The molecule has 0 spiro atoms. The van der Waals surface area contributed by atoms with Gasteiger partial charge in [0.25, 0.3) is 0 Å². The maximum Gasteiger partial charge on any atom is 0.338 e. The van der Waals surface area contributed by atoms with E-state index >= 15 is 0 Å². The SMILES string of the molecule is CCCc1ccc(OCCNS(=O)(=O)c2ccc(C)c(C(=O)OC)c2)cc1. The molecule has 0 unspecified atom stereocenters. The molecule has 0 radical (unpaired) electrons. The number of nitrogens with one attached hydrogen (secondary N) is 1. The molecule has 6 nitrogen and oxygen atoms in total. The van der Waals surface area contributed by atoms with E-state index in [4.69, 9.17) is 4.74 Å². The van der Waals surface area contributed by atoms with Crippen LogP contribution in [0.5, 0.6) is 5.75 Å². The molecule has 0 amide bonds. The highest BCUT2D eigenvalue weighted by Gasteiger charge is 2.18. The summed E-state index contributed by atoms with van der Waals surface area (Å²) < 4.78 is 37.6. The van der Waals surface area contributed by atoms with Crippen LogP contribution in [0.1, 0.15) is 34.8 Å². The summed E-state index contributed by atoms with van der Waals surface area (Å²) in [5.41, 5.74) is 2.12. The van der Waals surface area contributed by atoms with Crippen LogP contribution in [0.4, 0.5) is 0 Å². The molecule has 0 fully saturated rings. The third-order valence-corrected chi connectivity index (χ3v) is 5.51. The number of hydrogen-bond acceptors (Lipinski definition) is 5. The summed E-state index contributed by atoms with van der Waals surface area (Å²) in [6, 6.07) is 12.1. The van der Waals surface area contributed by atoms with Crippen LogP contribution in [0.15, 0.2) is 47.4 Å². The zero-order chi connectivity index (χ0) is 19.9. The third kappa shape index (κ3) is 5.80. The Balaban J connectivity index is 1.94. The van der Waals surface area contributed by atoms with Crippen LogP contribution in [-0.4, -0.2) is 34.6 Å². The lowest BCUT2D eigenvalue weighted by Crippen LogP contribution is -2.28. The summed E-state index contributed by atoms with van der Waals surface area (Å²) in [7, 11) is -2.49. The normalized spacial score (nSPS) is 11.2. The highest BCUT2D eigenvalue weighted by Crippen LogP contribution is 2.17. The van der Waals surface area contributed by atoms with Gasteiger partial charge in [-0.3, -0.25) is 0 Å². The molecule has 2 rings (SSSR count). The van der Waals surface area contributed by atoms with E-state index in [1.807, 2.05) is 24.3 Å². The first kappa shape index (κ1) is 20.9. The van der Waals surface area contributed by atoms with E-state index in [0.29, 0.717) is 11.3 Å². The van der Waals surface area contributed by atoms with E-state index < -0.39 is 16.0 Å². The van der Waals surface area contributed by atoms with Crippen molar-refractivity contribution in [1.29, 1.82) is 0 Å². The molecule has 146 valence electrons. The molecule has 0 saturated carbocycles. The molecule has 2 aromatic carbocycles. The van der Waals surface area contributed by atoms with Gasteiger partial charge in [0.2, 0.25) is 10.0 Å². The summed E-state index contributed by atoms with van der Waals surface area (Å²) >= 11 is 0. The van der Waals surface area contributed by atoms with Crippen LogP contribution in [0.3, 0.4) is 0 Å². The van der Waals surface area contributed by atoms with Gasteiger partial charge < -0.3 is 9.47 Å². The van der Waals surface area contributed by atoms with E-state index in [-0.39, 0.29) is 23.6 Å². The minimum atomic E-state index is -3.75. The van der Waals surface area contributed by atoms with Crippen LogP contribution in [0.25, 0.3) is 0 Å². The highest BCUT2D eigenvalue weighted by molar-refractivity contribution is 7.89. The number of ether oxygens (including phenoxy) is 2. The fourth-order valence-corrected chi connectivity index (χ4v) is 3.61. The fourth-order valence-electron chi connectivity index (χ4n) is 2.57. The van der Waals surface area contributed by atoms with Gasteiger partial charge in [-0.25, -0.2) is 17.9 Å². The highest BCUT2D eigenvalue weighted by atomic mass is 32.2. The lowest BCUT2D eigenvalue weighted by atomic mass is 10.1. The van der Waals surface area contributed by atoms with Crippen molar-refractivity contribution in [1.82, 2.24) is 4.72 Å². The van der Waals surface area contributed by atoms with Gasteiger partial charge in [-0.05, 0) is 48.7 Å². The second-order valence-corrected chi connectivity index (χ2v) is 7.88. The van der Waals surface area contributed by atoms with Gasteiger partial charge >= 0.3 is 5.97 Å². The number of hydrogen-bond donors (Lipinski definition) is 1. The second-order valence-electron chi connectivity index (χ2n) is 6.11. The number of sulfonamides is 1. The molecule has 7 heteroatoms. The molecular weight excluding hydrogens is 366 g/mol. The summed E-state index contributed by atoms with van der Waals surface area (Å²) in [5.74, 6) is 0.122. The Bertz CT molecular complexity index is 876. The molecule has 0 aliphatic rings. The van der Waals surface area contributed by atoms with Gasteiger partial charge in [-0.2, -0.15) is 0 Å². The summed E-state index contributed by atoms with van der Waals surface area (Å²) in [5, 5.41) is 0. The van der Waals surface area contributed by atoms with Gasteiger partial charge in [0.15, 0.2) is 0 Å². The van der Waals surface area contributed by atoms with E-state index in [9.17, 15) is 13.2 Å². The predicted octanol–water partition coefficient (Wildman–Crippen LogP) is 3.09. The number of aryl methyl sites for hydroxylation is 2. The molecular formula is C20H25NO5S. The molecule has 0 aliphatic carbocycles. The van der Waals surface area contributed by atoms with Gasteiger partial charge in [0.05, 0.1) is 17.6 Å². The van der Waals surface area contributed by atoms with Gasteiger partial charge in [0.1, 0.15) is 12.4 Å².